The number of hydrogen-bond acceptors (Lipinski definition) is 4. The van der Waals surface area contributed by atoms with Crippen molar-refractivity contribution in [2.24, 2.45) is 0 Å². The van der Waals surface area contributed by atoms with Gasteiger partial charge in [-0.3, -0.25) is 14.5 Å². The summed E-state index contributed by atoms with van der Waals surface area (Å²) in [6.07, 6.45) is 0.597. The molecule has 3 rings (SSSR count). The number of imide groups is 1. The summed E-state index contributed by atoms with van der Waals surface area (Å²) in [4.78, 5) is 27.1. The number of nitrogens with zero attached hydrogens (tertiary/aromatic N) is 1. The molecule has 0 unspecified atom stereocenters. The Kier molecular flexibility index (Phi) is 5.85. The molecule has 5 nitrogen and oxygen atoms in total. The van der Waals surface area contributed by atoms with E-state index in [4.69, 9.17) is 4.74 Å². The quantitative estimate of drug-likeness (QED) is 0.554. The summed E-state index contributed by atoms with van der Waals surface area (Å²) in [5.74, 6) is -0.597. The third-order valence-electron chi connectivity index (χ3n) is 4.05. The van der Waals surface area contributed by atoms with Gasteiger partial charge in [-0.05, 0) is 30.2 Å². The topological polar surface area (TPSA) is 58.6 Å². The van der Waals surface area contributed by atoms with Crippen LogP contribution in [0.25, 0.3) is 5.57 Å². The number of halogens is 1. The lowest BCUT2D eigenvalue weighted by Gasteiger charge is -2.15. The first-order valence-electron chi connectivity index (χ1n) is 8.29. The van der Waals surface area contributed by atoms with Crippen LogP contribution < -0.4 is 5.32 Å². The van der Waals surface area contributed by atoms with Crippen LogP contribution in [0.15, 0.2) is 64.8 Å². The Labute approximate surface area is 160 Å². The lowest BCUT2D eigenvalue weighted by molar-refractivity contribution is -0.136. The number of nitrogens with one attached hydrogen (secondary N) is 1. The van der Waals surface area contributed by atoms with Gasteiger partial charge in [0.05, 0.1) is 5.57 Å². The minimum absolute atomic E-state index is 0.283. The summed E-state index contributed by atoms with van der Waals surface area (Å²) >= 11 is 3.42. The van der Waals surface area contributed by atoms with Crippen molar-refractivity contribution >= 4 is 39.0 Å². The lowest BCUT2D eigenvalue weighted by Crippen LogP contribution is -2.33. The number of rotatable bonds is 7. The predicted molar refractivity (Wildman–Crippen MR) is 104 cm³/mol. The molecule has 0 aromatic heterocycles. The van der Waals surface area contributed by atoms with E-state index in [1.807, 2.05) is 54.6 Å². The van der Waals surface area contributed by atoms with E-state index in [-0.39, 0.29) is 11.8 Å². The standard InChI is InChI=1S/C20H19BrN2O3/c1-26-12-6-11-23-19(24)17(14-7-3-2-4-8-14)18(20(23)25)22-16-10-5-9-15(21)13-16/h2-5,7-10,13,22H,6,11-12H2,1H3. The van der Waals surface area contributed by atoms with Crippen molar-refractivity contribution in [2.45, 2.75) is 6.42 Å². The number of anilines is 1. The van der Waals surface area contributed by atoms with Gasteiger partial charge in [0, 0.05) is 30.4 Å². The molecule has 0 spiro atoms. The maximum atomic E-state index is 12.9. The molecule has 0 aliphatic carbocycles. The van der Waals surface area contributed by atoms with Crippen molar-refractivity contribution in [3.05, 3.63) is 70.3 Å². The summed E-state index contributed by atoms with van der Waals surface area (Å²) in [7, 11) is 1.60. The lowest BCUT2D eigenvalue weighted by atomic mass is 10.0. The average molecular weight is 415 g/mol. The van der Waals surface area contributed by atoms with Crippen LogP contribution in [0.3, 0.4) is 0 Å². The van der Waals surface area contributed by atoms with Crippen LogP contribution >= 0.6 is 15.9 Å². The Balaban J connectivity index is 1.97. The molecule has 2 aromatic rings. The Morgan fingerprint density at radius 1 is 1.04 bits per heavy atom. The highest BCUT2D eigenvalue weighted by Crippen LogP contribution is 2.31. The van der Waals surface area contributed by atoms with E-state index in [0.717, 1.165) is 15.7 Å². The predicted octanol–water partition coefficient (Wildman–Crippen LogP) is 3.68. The van der Waals surface area contributed by atoms with Gasteiger partial charge in [0.15, 0.2) is 0 Å². The first kappa shape index (κ1) is 18.4. The van der Waals surface area contributed by atoms with E-state index >= 15 is 0 Å². The van der Waals surface area contributed by atoms with Gasteiger partial charge in [0.1, 0.15) is 5.70 Å². The van der Waals surface area contributed by atoms with Crippen molar-refractivity contribution in [1.29, 1.82) is 0 Å². The average Bonchev–Trinajstić information content (AvgIpc) is 2.87. The highest BCUT2D eigenvalue weighted by molar-refractivity contribution is 9.10. The maximum absolute atomic E-state index is 12.9. The fourth-order valence-corrected chi connectivity index (χ4v) is 3.24. The molecule has 1 aliphatic rings. The second kappa shape index (κ2) is 8.29. The summed E-state index contributed by atoms with van der Waals surface area (Å²) in [5, 5.41) is 3.14. The van der Waals surface area contributed by atoms with Gasteiger partial charge in [-0.2, -0.15) is 0 Å². The zero-order chi connectivity index (χ0) is 18.5. The molecule has 134 valence electrons. The highest BCUT2D eigenvalue weighted by Gasteiger charge is 2.38. The number of carbonyl (C=O) groups is 2. The fourth-order valence-electron chi connectivity index (χ4n) is 2.85. The van der Waals surface area contributed by atoms with E-state index in [1.165, 1.54) is 4.90 Å². The minimum atomic E-state index is -0.315. The van der Waals surface area contributed by atoms with Crippen LogP contribution in [-0.4, -0.2) is 37.0 Å². The van der Waals surface area contributed by atoms with Crippen LogP contribution in [-0.2, 0) is 14.3 Å². The molecular weight excluding hydrogens is 396 g/mol. The van der Waals surface area contributed by atoms with Crippen molar-refractivity contribution in [2.75, 3.05) is 25.6 Å². The molecule has 0 atom stereocenters. The summed E-state index contributed by atoms with van der Waals surface area (Å²) in [6, 6.07) is 16.7. The summed E-state index contributed by atoms with van der Waals surface area (Å²) < 4.78 is 5.92. The molecule has 2 aromatic carbocycles. The zero-order valence-electron chi connectivity index (χ0n) is 14.4. The normalized spacial score (nSPS) is 14.3. The molecule has 1 heterocycles. The molecule has 1 aliphatic heterocycles. The zero-order valence-corrected chi connectivity index (χ0v) is 16.0. The fraction of sp³-hybridized carbons (Fsp3) is 0.200. The molecule has 2 amide bonds. The first-order chi connectivity index (χ1) is 12.6. The molecule has 0 saturated heterocycles. The SMILES string of the molecule is COCCCN1C(=O)C(Nc2cccc(Br)c2)=C(c2ccccc2)C1=O. The molecular formula is C20H19BrN2O3. The second-order valence-electron chi connectivity index (χ2n) is 5.86. The third kappa shape index (κ3) is 3.86. The van der Waals surface area contributed by atoms with Crippen molar-refractivity contribution < 1.29 is 14.3 Å². The number of hydrogen-bond donors (Lipinski definition) is 1. The number of ether oxygens (including phenoxy) is 1. The largest absolute Gasteiger partial charge is 0.385 e. The summed E-state index contributed by atoms with van der Waals surface area (Å²) in [6.45, 7) is 0.817. The number of methoxy groups -OCH3 is 1. The van der Waals surface area contributed by atoms with E-state index in [1.54, 1.807) is 7.11 Å². The Morgan fingerprint density at radius 2 is 1.81 bits per heavy atom. The van der Waals surface area contributed by atoms with E-state index in [0.29, 0.717) is 30.8 Å². The van der Waals surface area contributed by atoms with Gasteiger partial charge < -0.3 is 10.1 Å². The minimum Gasteiger partial charge on any atom is -0.385 e. The van der Waals surface area contributed by atoms with E-state index in [2.05, 4.69) is 21.2 Å². The maximum Gasteiger partial charge on any atom is 0.278 e. The molecule has 6 heteroatoms. The van der Waals surface area contributed by atoms with E-state index < -0.39 is 0 Å². The van der Waals surface area contributed by atoms with Gasteiger partial charge in [-0.1, -0.05) is 52.3 Å². The Bertz CT molecular complexity index is 849. The van der Waals surface area contributed by atoms with Crippen molar-refractivity contribution in [3.8, 4) is 0 Å². The number of benzene rings is 2. The van der Waals surface area contributed by atoms with Crippen LogP contribution in [0.5, 0.6) is 0 Å². The first-order valence-corrected chi connectivity index (χ1v) is 9.08. The molecule has 0 fully saturated rings. The molecule has 0 radical (unpaired) electrons. The molecule has 1 N–H and O–H groups in total. The Morgan fingerprint density at radius 3 is 2.50 bits per heavy atom. The van der Waals surface area contributed by atoms with Crippen molar-refractivity contribution in [3.63, 3.8) is 0 Å². The molecule has 0 saturated carbocycles. The highest BCUT2D eigenvalue weighted by atomic mass is 79.9. The van der Waals surface area contributed by atoms with Gasteiger partial charge in [0.2, 0.25) is 0 Å². The number of carbonyl (C=O) groups excluding carboxylic acids is 2. The van der Waals surface area contributed by atoms with Crippen LogP contribution in [0.2, 0.25) is 0 Å². The second-order valence-corrected chi connectivity index (χ2v) is 6.78. The Hall–Kier alpha value is -2.44. The van der Waals surface area contributed by atoms with Gasteiger partial charge in [-0.15, -0.1) is 0 Å². The molecule has 26 heavy (non-hydrogen) atoms. The summed E-state index contributed by atoms with van der Waals surface area (Å²) in [5.41, 5.74) is 2.16. The van der Waals surface area contributed by atoms with Crippen LogP contribution in [0, 0.1) is 0 Å². The smallest absolute Gasteiger partial charge is 0.278 e. The monoisotopic (exact) mass is 414 g/mol. The van der Waals surface area contributed by atoms with Gasteiger partial charge in [-0.25, -0.2) is 0 Å². The third-order valence-corrected chi connectivity index (χ3v) is 4.55. The van der Waals surface area contributed by atoms with E-state index in [9.17, 15) is 9.59 Å². The van der Waals surface area contributed by atoms with Crippen LogP contribution in [0.4, 0.5) is 5.69 Å². The van der Waals surface area contributed by atoms with Gasteiger partial charge in [0.25, 0.3) is 11.8 Å². The number of amides is 2. The molecule has 0 bridgehead atoms. The van der Waals surface area contributed by atoms with Gasteiger partial charge >= 0.3 is 0 Å². The van der Waals surface area contributed by atoms with Crippen molar-refractivity contribution in [1.82, 2.24) is 4.90 Å². The van der Waals surface area contributed by atoms with Crippen LogP contribution in [0.1, 0.15) is 12.0 Å².